The van der Waals surface area contributed by atoms with E-state index in [2.05, 4.69) is 35.0 Å². The Morgan fingerprint density at radius 3 is 2.50 bits per heavy atom. The van der Waals surface area contributed by atoms with E-state index >= 15 is 0 Å². The first kappa shape index (κ1) is 24.2. The van der Waals surface area contributed by atoms with E-state index in [1.165, 1.54) is 41.2 Å². The van der Waals surface area contributed by atoms with Crippen LogP contribution in [0, 0.1) is 0 Å². The molecule has 7 nitrogen and oxygen atoms in total. The maximum atomic E-state index is 11.8. The predicted octanol–water partition coefficient (Wildman–Crippen LogP) is 5.07. The van der Waals surface area contributed by atoms with Gasteiger partial charge >= 0.3 is 0 Å². The third kappa shape index (κ3) is 4.50. The zero-order chi connectivity index (χ0) is 25.6. The third-order valence-corrected chi connectivity index (χ3v) is 9.39. The number of nitrogens with one attached hydrogen (secondary N) is 1. The number of pyridine rings is 1. The zero-order valence-corrected chi connectivity index (χ0v) is 22.2. The SMILES string of the molecule is C=CC(=O)N1CC(N2CCC(c3cc4c(c(C5CC5)c3)OCc3c(C5CCOCC5)ccnc3N4)CC2)C1. The number of hydrogen-bond donors (Lipinski definition) is 1. The molecule has 1 aliphatic carbocycles. The molecule has 1 aromatic carbocycles. The molecule has 1 N–H and O–H groups in total. The maximum Gasteiger partial charge on any atom is 0.246 e. The van der Waals surface area contributed by atoms with E-state index < -0.39 is 0 Å². The van der Waals surface area contributed by atoms with Crippen molar-refractivity contribution in [1.29, 1.82) is 0 Å². The topological polar surface area (TPSA) is 66.9 Å². The summed E-state index contributed by atoms with van der Waals surface area (Å²) in [5, 5.41) is 3.73. The van der Waals surface area contributed by atoms with Crippen molar-refractivity contribution in [3.05, 3.63) is 59.3 Å². The minimum absolute atomic E-state index is 0.0550. The standard InChI is InChI=1S/C31H38N4O3/c1-2-29(36)35-17-24(18-35)34-11-6-20(7-12-34)23-15-26(21-3-4-21)30-28(16-23)33-31-27(19-38-30)25(5-10-32-31)22-8-13-37-14-9-22/h2,5,10,15-16,20-22,24H,1,3-4,6-9,11-14,17-19H2,(H,32,33). The lowest BCUT2D eigenvalue weighted by Gasteiger charge is -2.47. The van der Waals surface area contributed by atoms with Crippen LogP contribution in [0.4, 0.5) is 11.5 Å². The Balaban J connectivity index is 1.10. The van der Waals surface area contributed by atoms with E-state index in [-0.39, 0.29) is 5.91 Å². The van der Waals surface area contributed by atoms with Crippen LogP contribution in [0.5, 0.6) is 5.75 Å². The summed E-state index contributed by atoms with van der Waals surface area (Å²) >= 11 is 0. The number of nitrogens with zero attached hydrogens (tertiary/aromatic N) is 3. The second kappa shape index (κ2) is 10.0. The Kier molecular flexibility index (Phi) is 6.36. The van der Waals surface area contributed by atoms with Crippen LogP contribution in [0.15, 0.2) is 37.1 Å². The number of rotatable bonds is 5. The number of hydrogen-bond acceptors (Lipinski definition) is 6. The van der Waals surface area contributed by atoms with Gasteiger partial charge < -0.3 is 19.7 Å². The van der Waals surface area contributed by atoms with Gasteiger partial charge in [-0.25, -0.2) is 4.98 Å². The zero-order valence-electron chi connectivity index (χ0n) is 22.2. The molecule has 4 fully saturated rings. The molecule has 1 saturated carbocycles. The molecule has 4 aliphatic heterocycles. The highest BCUT2D eigenvalue weighted by Crippen LogP contribution is 2.50. The summed E-state index contributed by atoms with van der Waals surface area (Å²) in [5.74, 6) is 3.70. The van der Waals surface area contributed by atoms with Crippen LogP contribution in [-0.4, -0.2) is 66.1 Å². The Morgan fingerprint density at radius 1 is 1.00 bits per heavy atom. The van der Waals surface area contributed by atoms with E-state index in [9.17, 15) is 4.79 Å². The van der Waals surface area contributed by atoms with Gasteiger partial charge in [0.2, 0.25) is 5.91 Å². The molecule has 5 heterocycles. The van der Waals surface area contributed by atoms with Gasteiger partial charge in [-0.15, -0.1) is 0 Å². The fourth-order valence-electron chi connectivity index (χ4n) is 6.88. The molecule has 0 spiro atoms. The normalized spacial score (nSPS) is 22.9. The van der Waals surface area contributed by atoms with Crippen LogP contribution in [-0.2, 0) is 16.1 Å². The summed E-state index contributed by atoms with van der Waals surface area (Å²) in [6.07, 6.45) is 10.3. The van der Waals surface area contributed by atoms with E-state index in [1.54, 1.807) is 0 Å². The Bertz CT molecular complexity index is 1220. The summed E-state index contributed by atoms with van der Waals surface area (Å²) in [4.78, 5) is 21.1. The van der Waals surface area contributed by atoms with Crippen molar-refractivity contribution >= 4 is 17.4 Å². The monoisotopic (exact) mass is 514 g/mol. The van der Waals surface area contributed by atoms with E-state index in [0.717, 1.165) is 82.3 Å². The number of carbonyl (C=O) groups excluding carboxylic acids is 1. The molecule has 0 radical (unpaired) electrons. The van der Waals surface area contributed by atoms with Gasteiger partial charge in [-0.3, -0.25) is 9.69 Å². The second-order valence-electron chi connectivity index (χ2n) is 11.7. The third-order valence-electron chi connectivity index (χ3n) is 9.39. The molecular formula is C31H38N4O3. The van der Waals surface area contributed by atoms with Crippen LogP contribution in [0.25, 0.3) is 0 Å². The van der Waals surface area contributed by atoms with E-state index in [0.29, 0.717) is 30.4 Å². The maximum absolute atomic E-state index is 11.8. The molecule has 3 saturated heterocycles. The van der Waals surface area contributed by atoms with Crippen molar-refractivity contribution in [2.45, 2.75) is 68.9 Å². The van der Waals surface area contributed by atoms with Crippen molar-refractivity contribution in [2.75, 3.05) is 44.7 Å². The number of fused-ring (bicyclic) bond motifs is 2. The van der Waals surface area contributed by atoms with Crippen LogP contribution in [0.2, 0.25) is 0 Å². The highest BCUT2D eigenvalue weighted by Gasteiger charge is 2.37. The van der Waals surface area contributed by atoms with Crippen molar-refractivity contribution in [2.24, 2.45) is 0 Å². The van der Waals surface area contributed by atoms with Gasteiger partial charge in [0, 0.05) is 44.1 Å². The fraction of sp³-hybridized carbons (Fsp3) is 0.548. The molecule has 7 heteroatoms. The molecule has 2 aromatic rings. The summed E-state index contributed by atoms with van der Waals surface area (Å²) in [5.41, 5.74) is 6.47. The van der Waals surface area contributed by atoms with E-state index in [4.69, 9.17) is 14.5 Å². The summed E-state index contributed by atoms with van der Waals surface area (Å²) in [6.45, 7) is 9.69. The van der Waals surface area contributed by atoms with Crippen LogP contribution in [0.1, 0.15) is 78.5 Å². The largest absolute Gasteiger partial charge is 0.486 e. The number of ether oxygens (including phenoxy) is 2. The Hall–Kier alpha value is -2.90. The number of piperidine rings is 1. The second-order valence-corrected chi connectivity index (χ2v) is 11.7. The summed E-state index contributed by atoms with van der Waals surface area (Å²) in [7, 11) is 0. The number of carbonyl (C=O) groups is 1. The molecule has 1 aromatic heterocycles. The van der Waals surface area contributed by atoms with Gasteiger partial charge in [-0.05, 0) is 104 Å². The van der Waals surface area contributed by atoms with Gasteiger partial charge in [0.05, 0.1) is 5.69 Å². The minimum Gasteiger partial charge on any atom is -0.486 e. The molecule has 7 rings (SSSR count). The van der Waals surface area contributed by atoms with Gasteiger partial charge in [-0.2, -0.15) is 0 Å². The van der Waals surface area contributed by atoms with E-state index in [1.807, 2.05) is 11.1 Å². The number of amides is 1. The van der Waals surface area contributed by atoms with Crippen molar-refractivity contribution in [1.82, 2.24) is 14.8 Å². The molecular weight excluding hydrogens is 476 g/mol. The van der Waals surface area contributed by atoms with Crippen LogP contribution < -0.4 is 10.1 Å². The van der Waals surface area contributed by atoms with Crippen LogP contribution >= 0.6 is 0 Å². The number of aromatic nitrogens is 1. The molecule has 5 aliphatic rings. The average molecular weight is 515 g/mol. The highest BCUT2D eigenvalue weighted by molar-refractivity contribution is 5.87. The predicted molar refractivity (Wildman–Crippen MR) is 147 cm³/mol. The lowest BCUT2D eigenvalue weighted by molar-refractivity contribution is -0.133. The van der Waals surface area contributed by atoms with Crippen molar-refractivity contribution in [3.63, 3.8) is 0 Å². The van der Waals surface area contributed by atoms with Crippen LogP contribution in [0.3, 0.4) is 0 Å². The minimum atomic E-state index is 0.0550. The first-order valence-corrected chi connectivity index (χ1v) is 14.5. The number of likely N-dealkylation sites (tertiary alicyclic amines) is 2. The first-order chi connectivity index (χ1) is 18.7. The summed E-state index contributed by atoms with van der Waals surface area (Å²) < 4.78 is 12.2. The molecule has 1 amide bonds. The quantitative estimate of drug-likeness (QED) is 0.563. The molecule has 0 unspecified atom stereocenters. The van der Waals surface area contributed by atoms with Gasteiger partial charge in [0.1, 0.15) is 18.2 Å². The Labute approximate surface area is 225 Å². The van der Waals surface area contributed by atoms with Gasteiger partial charge in [0.15, 0.2) is 0 Å². The molecule has 0 bridgehead atoms. The number of benzene rings is 1. The van der Waals surface area contributed by atoms with Gasteiger partial charge in [0.25, 0.3) is 0 Å². The molecule has 38 heavy (non-hydrogen) atoms. The Morgan fingerprint density at radius 2 is 1.76 bits per heavy atom. The number of anilines is 2. The van der Waals surface area contributed by atoms with Crippen molar-refractivity contribution < 1.29 is 14.3 Å². The van der Waals surface area contributed by atoms with Gasteiger partial charge in [-0.1, -0.05) is 12.6 Å². The smallest absolute Gasteiger partial charge is 0.246 e. The fourth-order valence-corrected chi connectivity index (χ4v) is 6.88. The average Bonchev–Trinajstić information content (AvgIpc) is 3.79. The molecule has 0 atom stereocenters. The lowest BCUT2D eigenvalue weighted by atomic mass is 9.86. The molecule has 200 valence electrons. The highest BCUT2D eigenvalue weighted by atomic mass is 16.5. The summed E-state index contributed by atoms with van der Waals surface area (Å²) in [6, 6.07) is 7.48. The van der Waals surface area contributed by atoms with Crippen molar-refractivity contribution in [3.8, 4) is 5.75 Å². The lowest BCUT2D eigenvalue weighted by Crippen LogP contribution is -2.61. The first-order valence-electron chi connectivity index (χ1n) is 14.5.